The second-order valence-electron chi connectivity index (χ2n) is 3.39. The van der Waals surface area contributed by atoms with Crippen LogP contribution in [0.1, 0.15) is 17.4 Å². The van der Waals surface area contributed by atoms with Crippen LogP contribution in [0.25, 0.3) is 10.1 Å². The number of thiocarbonyl (C=S) groups is 1. The highest BCUT2D eigenvalue weighted by atomic mass is 32.2. The maximum atomic E-state index is 13.2. The van der Waals surface area contributed by atoms with Crippen molar-refractivity contribution >= 4 is 49.6 Å². The lowest BCUT2D eigenvalue weighted by Crippen LogP contribution is -1.93. The van der Waals surface area contributed by atoms with Crippen molar-refractivity contribution in [3.8, 4) is 0 Å². The molecule has 1 heterocycles. The molecule has 0 amide bonds. The SMILES string of the molecule is CCSC(=S)c1c(C)sc2ccc(F)cc12. The number of aryl methyl sites for hydroxylation is 1. The molecule has 2 rings (SSSR count). The molecule has 0 bridgehead atoms. The van der Waals surface area contributed by atoms with E-state index in [1.54, 1.807) is 29.2 Å². The van der Waals surface area contributed by atoms with Gasteiger partial charge in [0, 0.05) is 20.5 Å². The Kier molecular flexibility index (Phi) is 3.62. The molecule has 0 N–H and O–H groups in total. The van der Waals surface area contributed by atoms with Crippen molar-refractivity contribution in [3.05, 3.63) is 34.5 Å². The average molecular weight is 270 g/mol. The van der Waals surface area contributed by atoms with Gasteiger partial charge in [-0.3, -0.25) is 0 Å². The molecule has 0 aliphatic carbocycles. The monoisotopic (exact) mass is 270 g/mol. The normalized spacial score (nSPS) is 10.9. The van der Waals surface area contributed by atoms with E-state index in [0.29, 0.717) is 0 Å². The van der Waals surface area contributed by atoms with Crippen LogP contribution in [0.4, 0.5) is 4.39 Å². The Balaban J connectivity index is 2.62. The van der Waals surface area contributed by atoms with Crippen molar-refractivity contribution in [2.75, 3.05) is 5.75 Å². The second kappa shape index (κ2) is 4.82. The van der Waals surface area contributed by atoms with Gasteiger partial charge in [0.1, 0.15) is 5.82 Å². The minimum absolute atomic E-state index is 0.198. The lowest BCUT2D eigenvalue weighted by molar-refractivity contribution is 0.630. The van der Waals surface area contributed by atoms with Gasteiger partial charge in [-0.05, 0) is 30.9 Å². The predicted molar refractivity (Wildman–Crippen MR) is 76.4 cm³/mol. The predicted octanol–water partition coefficient (Wildman–Crippen LogP) is 4.78. The number of rotatable bonds is 2. The summed E-state index contributed by atoms with van der Waals surface area (Å²) < 4.78 is 15.2. The summed E-state index contributed by atoms with van der Waals surface area (Å²) in [7, 11) is 0. The quantitative estimate of drug-likeness (QED) is 0.720. The van der Waals surface area contributed by atoms with Crippen molar-refractivity contribution in [1.82, 2.24) is 0 Å². The number of benzene rings is 1. The number of thioether (sulfide) groups is 1. The summed E-state index contributed by atoms with van der Waals surface area (Å²) in [6.45, 7) is 4.11. The molecule has 0 saturated carbocycles. The molecule has 84 valence electrons. The Hall–Kier alpha value is -0.450. The molecular formula is C12H11FS3. The topological polar surface area (TPSA) is 0 Å². The Morgan fingerprint density at radius 3 is 2.94 bits per heavy atom. The van der Waals surface area contributed by atoms with E-state index in [1.807, 2.05) is 13.0 Å². The molecule has 0 spiro atoms. The van der Waals surface area contributed by atoms with E-state index in [2.05, 4.69) is 6.92 Å². The molecule has 4 heteroatoms. The Labute approximate surface area is 108 Å². The largest absolute Gasteiger partial charge is 0.207 e. The lowest BCUT2D eigenvalue weighted by atomic mass is 10.1. The third kappa shape index (κ3) is 2.14. The van der Waals surface area contributed by atoms with E-state index in [9.17, 15) is 4.39 Å². The molecule has 16 heavy (non-hydrogen) atoms. The minimum Gasteiger partial charge on any atom is -0.207 e. The molecule has 1 aromatic heterocycles. The maximum Gasteiger partial charge on any atom is 0.123 e. The van der Waals surface area contributed by atoms with Gasteiger partial charge < -0.3 is 0 Å². The van der Waals surface area contributed by atoms with Crippen molar-refractivity contribution in [2.24, 2.45) is 0 Å². The van der Waals surface area contributed by atoms with Crippen LogP contribution >= 0.6 is 35.3 Å². The number of thiophene rings is 1. The van der Waals surface area contributed by atoms with E-state index in [1.165, 1.54) is 10.9 Å². The summed E-state index contributed by atoms with van der Waals surface area (Å²) in [4.78, 5) is 1.17. The molecule has 0 aliphatic rings. The van der Waals surface area contributed by atoms with Crippen LogP contribution in [0.2, 0.25) is 0 Å². The zero-order valence-electron chi connectivity index (χ0n) is 9.04. The molecule has 0 nitrogen and oxygen atoms in total. The lowest BCUT2D eigenvalue weighted by Gasteiger charge is -2.02. The zero-order chi connectivity index (χ0) is 11.7. The van der Waals surface area contributed by atoms with Crippen molar-refractivity contribution in [2.45, 2.75) is 13.8 Å². The van der Waals surface area contributed by atoms with Crippen LogP contribution in [0.3, 0.4) is 0 Å². The van der Waals surface area contributed by atoms with E-state index >= 15 is 0 Å². The van der Waals surface area contributed by atoms with Crippen molar-refractivity contribution < 1.29 is 4.39 Å². The van der Waals surface area contributed by atoms with Gasteiger partial charge >= 0.3 is 0 Å². The van der Waals surface area contributed by atoms with Crippen molar-refractivity contribution in [3.63, 3.8) is 0 Å². The number of fused-ring (bicyclic) bond motifs is 1. The molecule has 0 atom stereocenters. The molecule has 0 radical (unpaired) electrons. The van der Waals surface area contributed by atoms with Crippen LogP contribution in [-0.2, 0) is 0 Å². The molecule has 2 aromatic rings. The number of hydrogen-bond acceptors (Lipinski definition) is 3. The molecule has 0 saturated heterocycles. The van der Waals surface area contributed by atoms with Gasteiger partial charge in [-0.1, -0.05) is 19.1 Å². The third-order valence-electron chi connectivity index (χ3n) is 2.31. The highest BCUT2D eigenvalue weighted by Crippen LogP contribution is 2.34. The standard InChI is InChI=1S/C12H11FS3/c1-3-15-12(14)11-7(2)16-10-5-4-8(13)6-9(10)11/h4-6H,3H2,1-2H3. The summed E-state index contributed by atoms with van der Waals surface area (Å²) in [6.07, 6.45) is 0. The van der Waals surface area contributed by atoms with Gasteiger partial charge in [-0.25, -0.2) is 4.39 Å². The van der Waals surface area contributed by atoms with E-state index in [4.69, 9.17) is 12.2 Å². The van der Waals surface area contributed by atoms with Crippen LogP contribution in [0.15, 0.2) is 18.2 Å². The van der Waals surface area contributed by atoms with Crippen LogP contribution in [0, 0.1) is 12.7 Å². The van der Waals surface area contributed by atoms with Gasteiger partial charge in [0.25, 0.3) is 0 Å². The summed E-state index contributed by atoms with van der Waals surface area (Å²) >= 11 is 8.69. The van der Waals surface area contributed by atoms with Crippen molar-refractivity contribution in [1.29, 1.82) is 0 Å². The zero-order valence-corrected chi connectivity index (χ0v) is 11.5. The summed E-state index contributed by atoms with van der Waals surface area (Å²) in [5, 5.41) is 0.952. The second-order valence-corrected chi connectivity index (χ2v) is 6.59. The molecule has 0 unspecified atom stereocenters. The fraction of sp³-hybridized carbons (Fsp3) is 0.250. The Morgan fingerprint density at radius 2 is 2.25 bits per heavy atom. The van der Waals surface area contributed by atoms with Crippen LogP contribution in [-0.4, -0.2) is 9.95 Å². The summed E-state index contributed by atoms with van der Waals surface area (Å²) in [5.41, 5.74) is 1.04. The maximum absolute atomic E-state index is 13.2. The fourth-order valence-corrected chi connectivity index (χ4v) is 4.12. The fourth-order valence-electron chi connectivity index (χ4n) is 1.65. The van der Waals surface area contributed by atoms with Gasteiger partial charge in [-0.2, -0.15) is 0 Å². The first kappa shape index (κ1) is 12.0. The van der Waals surface area contributed by atoms with Crippen LogP contribution in [0.5, 0.6) is 0 Å². The first-order valence-corrected chi connectivity index (χ1v) is 7.20. The average Bonchev–Trinajstić information content (AvgIpc) is 2.53. The highest BCUT2D eigenvalue weighted by molar-refractivity contribution is 8.23. The third-order valence-corrected chi connectivity index (χ3v) is 4.70. The van der Waals surface area contributed by atoms with Gasteiger partial charge in [0.2, 0.25) is 0 Å². The van der Waals surface area contributed by atoms with E-state index < -0.39 is 0 Å². The van der Waals surface area contributed by atoms with Crippen LogP contribution < -0.4 is 0 Å². The van der Waals surface area contributed by atoms with Gasteiger partial charge in [-0.15, -0.1) is 23.1 Å². The Morgan fingerprint density at radius 1 is 1.50 bits per heavy atom. The molecule has 0 fully saturated rings. The first-order valence-electron chi connectivity index (χ1n) is 4.99. The van der Waals surface area contributed by atoms with Gasteiger partial charge in [0.15, 0.2) is 0 Å². The highest BCUT2D eigenvalue weighted by Gasteiger charge is 2.13. The molecule has 0 aliphatic heterocycles. The molecular weight excluding hydrogens is 259 g/mol. The number of hydrogen-bond donors (Lipinski definition) is 0. The Bertz CT molecular complexity index is 542. The summed E-state index contributed by atoms with van der Waals surface area (Å²) in [5.74, 6) is 0.751. The minimum atomic E-state index is -0.198. The van der Waals surface area contributed by atoms with E-state index in [0.717, 1.165) is 25.6 Å². The molecule has 1 aromatic carbocycles. The smallest absolute Gasteiger partial charge is 0.123 e. The summed E-state index contributed by atoms with van der Waals surface area (Å²) in [6, 6.07) is 4.90. The van der Waals surface area contributed by atoms with E-state index in [-0.39, 0.29) is 5.82 Å². The van der Waals surface area contributed by atoms with Gasteiger partial charge in [0.05, 0.1) is 4.20 Å². The first-order chi connectivity index (χ1) is 7.63. The number of halogens is 1.